The summed E-state index contributed by atoms with van der Waals surface area (Å²) in [6.45, 7) is 0. The third-order valence-electron chi connectivity index (χ3n) is 1.61. The summed E-state index contributed by atoms with van der Waals surface area (Å²) >= 11 is 0. The zero-order valence-corrected chi connectivity index (χ0v) is 8.01. The number of sulfonamides is 1. The van der Waals surface area contributed by atoms with Crippen LogP contribution in [0.2, 0.25) is 0 Å². The normalized spacial score (nSPS) is 10.4. The van der Waals surface area contributed by atoms with Crippen molar-refractivity contribution in [3.05, 3.63) is 29.8 Å². The van der Waals surface area contributed by atoms with Gasteiger partial charge in [0, 0.05) is 6.42 Å². The number of benzene rings is 1. The van der Waals surface area contributed by atoms with Gasteiger partial charge in [-0.1, -0.05) is 18.1 Å². The predicted octanol–water partition coefficient (Wildman–Crippen LogP) is 0.807. The van der Waals surface area contributed by atoms with E-state index in [4.69, 9.17) is 5.14 Å². The van der Waals surface area contributed by atoms with Gasteiger partial charge in [0.1, 0.15) is 6.17 Å². The Balaban J connectivity index is 2.93. The van der Waals surface area contributed by atoms with E-state index >= 15 is 0 Å². The highest BCUT2D eigenvalue weighted by Gasteiger charge is 2.05. The van der Waals surface area contributed by atoms with Crippen LogP contribution in [0, 0.1) is 12.1 Å². The first-order chi connectivity index (χ1) is 6.54. The lowest BCUT2D eigenvalue weighted by Crippen LogP contribution is -2.11. The average molecular weight is 213 g/mol. The fraction of sp³-hybridized carbons (Fsp3) is 0.111. The average Bonchev–Trinajstić information content (AvgIpc) is 2.14. The van der Waals surface area contributed by atoms with E-state index in [9.17, 15) is 12.8 Å². The Morgan fingerprint density at radius 1 is 1.29 bits per heavy atom. The molecule has 0 atom stereocenters. The van der Waals surface area contributed by atoms with Crippen molar-refractivity contribution in [1.29, 1.82) is 0 Å². The van der Waals surface area contributed by atoms with Crippen molar-refractivity contribution in [2.45, 2.75) is 11.3 Å². The summed E-state index contributed by atoms with van der Waals surface area (Å²) in [5.41, 5.74) is 0.738. The number of halogens is 1. The fourth-order valence-corrected chi connectivity index (χ4v) is 1.45. The van der Waals surface area contributed by atoms with Gasteiger partial charge in [-0.25, -0.2) is 13.6 Å². The zero-order chi connectivity index (χ0) is 10.6. The van der Waals surface area contributed by atoms with Crippen LogP contribution in [-0.4, -0.2) is 8.42 Å². The Bertz CT molecular complexity index is 468. The quantitative estimate of drug-likeness (QED) is 0.739. The molecule has 0 aliphatic rings. The van der Waals surface area contributed by atoms with Gasteiger partial charge in [0.05, 0.1) is 4.90 Å². The van der Waals surface area contributed by atoms with E-state index in [0.29, 0.717) is 0 Å². The van der Waals surface area contributed by atoms with Crippen LogP contribution >= 0.6 is 0 Å². The lowest BCUT2D eigenvalue weighted by molar-refractivity contribution is 0.598. The topological polar surface area (TPSA) is 60.2 Å². The molecule has 0 spiro atoms. The molecule has 0 bridgehead atoms. The maximum Gasteiger partial charge on any atom is 0.238 e. The number of primary sulfonamides is 1. The van der Waals surface area contributed by atoms with Crippen molar-refractivity contribution in [2.24, 2.45) is 5.14 Å². The Morgan fingerprint density at radius 3 is 2.29 bits per heavy atom. The molecule has 1 aromatic rings. The number of nitrogens with two attached hydrogens (primary N) is 1. The van der Waals surface area contributed by atoms with Crippen LogP contribution in [0.4, 0.5) is 4.39 Å². The van der Waals surface area contributed by atoms with E-state index in [0.717, 1.165) is 5.56 Å². The fourth-order valence-electron chi connectivity index (χ4n) is 0.932. The van der Waals surface area contributed by atoms with Crippen LogP contribution in [0.25, 0.3) is 0 Å². The van der Waals surface area contributed by atoms with E-state index in [1.54, 1.807) is 12.1 Å². The van der Waals surface area contributed by atoms with E-state index < -0.39 is 10.0 Å². The standard InChI is InChI=1S/C9H8FNO2S/c10-7-1-2-8-3-5-9(6-4-8)14(11,12)13/h3-6H,2H2,(H2,11,12,13). The second-order valence-corrected chi connectivity index (χ2v) is 4.20. The molecule has 0 radical (unpaired) electrons. The Labute approximate surface area is 81.8 Å². The maximum atomic E-state index is 11.5. The summed E-state index contributed by atoms with van der Waals surface area (Å²) in [6.07, 6.45) is 1.52. The summed E-state index contributed by atoms with van der Waals surface area (Å²) in [4.78, 5) is 0.0365. The molecule has 3 nitrogen and oxygen atoms in total. The molecule has 0 aliphatic heterocycles. The molecule has 74 valence electrons. The Hall–Kier alpha value is -1.38. The van der Waals surface area contributed by atoms with Gasteiger partial charge in [-0.15, -0.1) is 4.39 Å². The van der Waals surface area contributed by atoms with Crippen molar-refractivity contribution in [3.8, 4) is 12.1 Å². The number of hydrogen-bond donors (Lipinski definition) is 1. The van der Waals surface area contributed by atoms with E-state index in [1.807, 2.05) is 0 Å². The van der Waals surface area contributed by atoms with Crippen molar-refractivity contribution in [3.63, 3.8) is 0 Å². The van der Waals surface area contributed by atoms with Crippen LogP contribution in [0.3, 0.4) is 0 Å². The highest BCUT2D eigenvalue weighted by atomic mass is 32.2. The molecule has 0 saturated heterocycles. The summed E-state index contributed by atoms with van der Waals surface area (Å²) in [5, 5.41) is 4.89. The van der Waals surface area contributed by atoms with Crippen molar-refractivity contribution >= 4 is 10.0 Å². The van der Waals surface area contributed by atoms with Crippen molar-refractivity contribution in [2.75, 3.05) is 0 Å². The molecule has 0 aliphatic carbocycles. The van der Waals surface area contributed by atoms with Gasteiger partial charge in [-0.2, -0.15) is 0 Å². The maximum absolute atomic E-state index is 11.5. The molecule has 1 aromatic carbocycles. The summed E-state index contributed by atoms with van der Waals surface area (Å²) in [7, 11) is -3.65. The molecule has 2 N–H and O–H groups in total. The van der Waals surface area contributed by atoms with Crippen LogP contribution in [0.15, 0.2) is 29.2 Å². The largest absolute Gasteiger partial charge is 0.238 e. The summed E-state index contributed by atoms with van der Waals surface area (Å²) < 4.78 is 33.2. The molecule has 0 unspecified atom stereocenters. The Morgan fingerprint density at radius 2 is 1.86 bits per heavy atom. The van der Waals surface area contributed by atoms with Gasteiger partial charge in [-0.05, 0) is 17.7 Å². The first-order valence-corrected chi connectivity index (χ1v) is 5.29. The van der Waals surface area contributed by atoms with Gasteiger partial charge in [-0.3, -0.25) is 0 Å². The smallest absolute Gasteiger partial charge is 0.225 e. The lowest BCUT2D eigenvalue weighted by atomic mass is 10.2. The molecule has 0 amide bonds. The van der Waals surface area contributed by atoms with Crippen molar-refractivity contribution in [1.82, 2.24) is 0 Å². The highest BCUT2D eigenvalue weighted by Crippen LogP contribution is 2.08. The third kappa shape index (κ3) is 2.83. The van der Waals surface area contributed by atoms with Crippen molar-refractivity contribution < 1.29 is 12.8 Å². The van der Waals surface area contributed by atoms with Crippen LogP contribution in [0.5, 0.6) is 0 Å². The molecule has 0 saturated carbocycles. The summed E-state index contributed by atoms with van der Waals surface area (Å²) in [6, 6.07) is 5.82. The Kier molecular flexibility index (Phi) is 3.23. The molecule has 14 heavy (non-hydrogen) atoms. The third-order valence-corrected chi connectivity index (χ3v) is 2.54. The van der Waals surface area contributed by atoms with E-state index in [2.05, 4.69) is 5.92 Å². The minimum absolute atomic E-state index is 0.0365. The monoisotopic (exact) mass is 213 g/mol. The van der Waals surface area contributed by atoms with E-state index in [1.165, 1.54) is 18.3 Å². The number of rotatable bonds is 2. The molecule has 0 aromatic heterocycles. The predicted molar refractivity (Wildman–Crippen MR) is 50.4 cm³/mol. The molecular formula is C9H8FNO2S. The first kappa shape index (κ1) is 10.7. The summed E-state index contributed by atoms with van der Waals surface area (Å²) in [5.74, 6) is 2.23. The number of hydrogen-bond acceptors (Lipinski definition) is 2. The van der Waals surface area contributed by atoms with Gasteiger partial charge in [0.15, 0.2) is 0 Å². The molecular weight excluding hydrogens is 205 g/mol. The van der Waals surface area contributed by atoms with Crippen LogP contribution in [0.1, 0.15) is 5.56 Å². The first-order valence-electron chi connectivity index (χ1n) is 3.74. The second-order valence-electron chi connectivity index (χ2n) is 2.64. The molecule has 5 heteroatoms. The zero-order valence-electron chi connectivity index (χ0n) is 7.20. The van der Waals surface area contributed by atoms with E-state index in [-0.39, 0.29) is 11.3 Å². The van der Waals surface area contributed by atoms with Gasteiger partial charge >= 0.3 is 0 Å². The molecule has 0 heterocycles. The molecule has 0 fully saturated rings. The van der Waals surface area contributed by atoms with Gasteiger partial charge < -0.3 is 0 Å². The second kappa shape index (κ2) is 4.22. The lowest BCUT2D eigenvalue weighted by Gasteiger charge is -1.98. The van der Waals surface area contributed by atoms with Gasteiger partial charge in [0.25, 0.3) is 0 Å². The molecule has 1 rings (SSSR count). The minimum atomic E-state index is -3.65. The SMILES string of the molecule is NS(=O)(=O)c1ccc(CC#CF)cc1. The minimum Gasteiger partial charge on any atom is -0.225 e. The highest BCUT2D eigenvalue weighted by molar-refractivity contribution is 7.89. The van der Waals surface area contributed by atoms with Gasteiger partial charge in [0.2, 0.25) is 10.0 Å². The van der Waals surface area contributed by atoms with Crippen LogP contribution < -0.4 is 5.14 Å². The van der Waals surface area contributed by atoms with Crippen LogP contribution in [-0.2, 0) is 16.4 Å².